The van der Waals surface area contributed by atoms with Crippen molar-refractivity contribution >= 4 is 68.0 Å². The maximum Gasteiger partial charge on any atom is 0.283 e. The monoisotopic (exact) mass is 689 g/mol. The lowest BCUT2D eigenvalue weighted by Gasteiger charge is -2.39. The van der Waals surface area contributed by atoms with E-state index in [1.165, 1.54) is 20.5 Å². The van der Waals surface area contributed by atoms with E-state index in [4.69, 9.17) is 16.3 Å². The fourth-order valence-corrected chi connectivity index (χ4v) is 8.43. The molecular weight excluding hydrogens is 657 g/mol. The Bertz CT molecular complexity index is 1850. The second-order valence-electron chi connectivity index (χ2n) is 10.9. The van der Waals surface area contributed by atoms with Crippen LogP contribution in [0.2, 0.25) is 5.02 Å². The van der Waals surface area contributed by atoms with Crippen LogP contribution in [-0.2, 0) is 34.3 Å². The summed E-state index contributed by atoms with van der Waals surface area (Å²) in [7, 11) is -0.408. The molecule has 3 heterocycles. The van der Waals surface area contributed by atoms with Gasteiger partial charge in [-0.2, -0.15) is 4.31 Å². The first-order chi connectivity index (χ1) is 21.1. The van der Waals surface area contributed by atoms with E-state index in [0.29, 0.717) is 22.3 Å². The van der Waals surface area contributed by atoms with Crippen LogP contribution in [0.15, 0.2) is 65.6 Å². The summed E-state index contributed by atoms with van der Waals surface area (Å²) in [6.07, 6.45) is 0.752. The summed E-state index contributed by atoms with van der Waals surface area (Å²) in [5.41, 5.74) is 1.67. The maximum absolute atomic E-state index is 13.9. The molecule has 1 saturated heterocycles. The minimum absolute atomic E-state index is 0. The number of benzene rings is 3. The Labute approximate surface area is 277 Å². The topological polar surface area (TPSA) is 112 Å². The van der Waals surface area contributed by atoms with E-state index in [0.717, 1.165) is 39.9 Å². The van der Waals surface area contributed by atoms with Crippen LogP contribution in [0.4, 0.5) is 0 Å². The highest BCUT2D eigenvalue weighted by atomic mass is 35.5. The van der Waals surface area contributed by atoms with Gasteiger partial charge in [-0.3, -0.25) is 9.59 Å². The normalized spacial score (nSPS) is 17.4. The lowest BCUT2D eigenvalue weighted by molar-refractivity contribution is -0.127. The zero-order valence-corrected chi connectivity index (χ0v) is 27.9. The number of fused-ring (bicyclic) bond motifs is 2. The average Bonchev–Trinajstić information content (AvgIpc) is 3.46. The predicted molar refractivity (Wildman–Crippen MR) is 177 cm³/mol. The van der Waals surface area contributed by atoms with Crippen molar-refractivity contribution < 1.29 is 22.7 Å². The van der Waals surface area contributed by atoms with Gasteiger partial charge in [-0.1, -0.05) is 41.9 Å². The molecule has 0 radical (unpaired) electrons. The van der Waals surface area contributed by atoms with E-state index in [2.05, 4.69) is 15.2 Å². The molecule has 14 heteroatoms. The molecule has 0 saturated carbocycles. The van der Waals surface area contributed by atoms with E-state index in [1.54, 1.807) is 49.6 Å². The fourth-order valence-electron chi connectivity index (χ4n) is 5.63. The van der Waals surface area contributed by atoms with Crippen molar-refractivity contribution in [2.75, 3.05) is 40.3 Å². The van der Waals surface area contributed by atoms with Gasteiger partial charge in [-0.25, -0.2) is 13.4 Å². The molecule has 1 fully saturated rings. The standard InChI is InChI=1S/C31H32ClN5O5S2.ClH/c1-35-12-11-25-28(19-35)43-30(34-25)31(39)37-14-13-36(18-26(37)29(38)33-17-22-5-3-4-6-27(22)42-2)44(40,41)24-10-8-20-15-23(32)9-7-21(20)16-24;/h3-10,15-16,26H,11-14,17-19H2,1-2H3,(H,33,38);1H. The van der Waals surface area contributed by atoms with E-state index >= 15 is 0 Å². The number of hydrogen-bond acceptors (Lipinski definition) is 8. The molecule has 1 atom stereocenters. The third kappa shape index (κ3) is 6.81. The van der Waals surface area contributed by atoms with Crippen molar-refractivity contribution in [3.8, 4) is 5.75 Å². The van der Waals surface area contributed by atoms with Gasteiger partial charge in [-0.15, -0.1) is 23.7 Å². The molecule has 1 N–H and O–H groups in total. The van der Waals surface area contributed by atoms with E-state index < -0.39 is 22.0 Å². The Hall–Kier alpha value is -3.26. The maximum atomic E-state index is 13.9. The molecule has 10 nitrogen and oxygen atoms in total. The molecular formula is C31H33Cl2N5O5S2. The molecule has 4 aromatic rings. The molecule has 0 aliphatic carbocycles. The smallest absolute Gasteiger partial charge is 0.283 e. The second-order valence-corrected chi connectivity index (χ2v) is 14.4. The number of piperazine rings is 1. The molecule has 6 rings (SSSR count). The number of sulfonamides is 1. The van der Waals surface area contributed by atoms with Crippen molar-refractivity contribution in [1.29, 1.82) is 0 Å². The summed E-state index contributed by atoms with van der Waals surface area (Å²) in [5, 5.41) is 5.33. The second kappa shape index (κ2) is 13.6. The first-order valence-electron chi connectivity index (χ1n) is 14.2. The average molecular weight is 691 g/mol. The van der Waals surface area contributed by atoms with Crippen molar-refractivity contribution in [1.82, 2.24) is 24.4 Å². The Balaban J connectivity index is 0.00000400. The van der Waals surface area contributed by atoms with Crippen LogP contribution in [0.5, 0.6) is 5.75 Å². The molecule has 3 aromatic carbocycles. The van der Waals surface area contributed by atoms with Crippen molar-refractivity contribution in [3.63, 3.8) is 0 Å². The van der Waals surface area contributed by atoms with Crippen molar-refractivity contribution in [3.05, 3.63) is 86.8 Å². The van der Waals surface area contributed by atoms with Crippen LogP contribution in [0.1, 0.15) is 25.9 Å². The Morgan fingerprint density at radius 2 is 1.82 bits per heavy atom. The van der Waals surface area contributed by atoms with Crippen LogP contribution in [0, 0.1) is 0 Å². The summed E-state index contributed by atoms with van der Waals surface area (Å²) in [4.78, 5) is 37.1. The molecule has 2 aliphatic heterocycles. The number of nitrogens with one attached hydrogen (secondary N) is 1. The molecule has 2 aliphatic rings. The number of nitrogens with zero attached hydrogens (tertiary/aromatic N) is 4. The summed E-state index contributed by atoms with van der Waals surface area (Å²) in [6, 6.07) is 16.4. The molecule has 2 amide bonds. The molecule has 238 valence electrons. The SMILES string of the molecule is COc1ccccc1CNC(=O)C1CN(S(=O)(=O)c2ccc3cc(Cl)ccc3c2)CCN1C(=O)c1nc2c(s1)CN(C)CC2.Cl. The lowest BCUT2D eigenvalue weighted by Crippen LogP contribution is -2.61. The predicted octanol–water partition coefficient (Wildman–Crippen LogP) is 4.20. The van der Waals surface area contributed by atoms with Crippen LogP contribution in [0.25, 0.3) is 10.8 Å². The van der Waals surface area contributed by atoms with Crippen molar-refractivity contribution in [2.24, 2.45) is 0 Å². The summed E-state index contributed by atoms with van der Waals surface area (Å²) in [6.45, 7) is 1.61. The van der Waals surface area contributed by atoms with Crippen LogP contribution >= 0.6 is 35.3 Å². The zero-order valence-electron chi connectivity index (χ0n) is 24.7. The number of thiazole rings is 1. The van der Waals surface area contributed by atoms with E-state index in [1.807, 2.05) is 25.2 Å². The van der Waals surface area contributed by atoms with Gasteiger partial charge in [0.2, 0.25) is 15.9 Å². The molecule has 1 aromatic heterocycles. The van der Waals surface area contributed by atoms with E-state index in [9.17, 15) is 18.0 Å². The Morgan fingerprint density at radius 1 is 1.07 bits per heavy atom. The van der Waals surface area contributed by atoms with E-state index in [-0.39, 0.29) is 49.4 Å². The number of carbonyl (C=O) groups is 2. The molecule has 0 spiro atoms. The highest BCUT2D eigenvalue weighted by Gasteiger charge is 2.41. The lowest BCUT2D eigenvalue weighted by atomic mass is 10.1. The van der Waals surface area contributed by atoms with Gasteiger partial charge in [0.25, 0.3) is 5.91 Å². The first-order valence-corrected chi connectivity index (χ1v) is 16.8. The number of likely N-dealkylation sites (N-methyl/N-ethyl adjacent to an activating group) is 1. The number of aromatic nitrogens is 1. The van der Waals surface area contributed by atoms with Gasteiger partial charge in [0, 0.05) is 61.2 Å². The van der Waals surface area contributed by atoms with Gasteiger partial charge in [0.15, 0.2) is 5.01 Å². The third-order valence-corrected chi connectivity index (χ3v) is 11.2. The largest absolute Gasteiger partial charge is 0.496 e. The van der Waals surface area contributed by atoms with Crippen LogP contribution < -0.4 is 10.1 Å². The quantitative estimate of drug-likeness (QED) is 0.310. The number of para-hydroxylation sites is 1. The Morgan fingerprint density at radius 3 is 2.62 bits per heavy atom. The molecule has 0 bridgehead atoms. The Kier molecular flexibility index (Phi) is 10.0. The van der Waals surface area contributed by atoms with Gasteiger partial charge in [0.1, 0.15) is 11.8 Å². The van der Waals surface area contributed by atoms with Gasteiger partial charge in [-0.05, 0) is 48.2 Å². The number of methoxy groups -OCH3 is 1. The van der Waals surface area contributed by atoms with Gasteiger partial charge < -0.3 is 19.9 Å². The molecule has 45 heavy (non-hydrogen) atoms. The zero-order chi connectivity index (χ0) is 31.0. The first kappa shape index (κ1) is 33.1. The minimum atomic E-state index is -3.99. The van der Waals surface area contributed by atoms with Gasteiger partial charge in [0.05, 0.1) is 17.7 Å². The summed E-state index contributed by atoms with van der Waals surface area (Å²) in [5.74, 6) is -0.216. The number of amides is 2. The number of rotatable bonds is 7. The highest BCUT2D eigenvalue weighted by Crippen LogP contribution is 2.29. The van der Waals surface area contributed by atoms with Crippen molar-refractivity contribution in [2.45, 2.75) is 30.4 Å². The van der Waals surface area contributed by atoms with Crippen LogP contribution in [0.3, 0.4) is 0 Å². The summed E-state index contributed by atoms with van der Waals surface area (Å²) < 4.78 is 34.4. The molecule has 1 unspecified atom stereocenters. The van der Waals surface area contributed by atoms with Crippen LogP contribution in [-0.4, -0.2) is 85.7 Å². The number of ether oxygens (including phenoxy) is 1. The number of hydrogen-bond donors (Lipinski definition) is 1. The highest BCUT2D eigenvalue weighted by molar-refractivity contribution is 7.89. The summed E-state index contributed by atoms with van der Waals surface area (Å²) >= 11 is 7.45. The number of carbonyl (C=O) groups excluding carboxylic acids is 2. The minimum Gasteiger partial charge on any atom is -0.496 e. The number of halogens is 2. The third-order valence-electron chi connectivity index (χ3n) is 8.07. The fraction of sp³-hybridized carbons (Fsp3) is 0.323. The van der Waals surface area contributed by atoms with Gasteiger partial charge >= 0.3 is 0 Å².